The van der Waals surface area contributed by atoms with E-state index in [9.17, 15) is 14.7 Å². The van der Waals surface area contributed by atoms with Gasteiger partial charge in [0.25, 0.3) is 0 Å². The first-order valence-electron chi connectivity index (χ1n) is 7.98. The van der Waals surface area contributed by atoms with Crippen LogP contribution in [0.1, 0.15) is 40.5 Å². The molecule has 0 spiro atoms. The molecule has 0 aliphatic carbocycles. The summed E-state index contributed by atoms with van der Waals surface area (Å²) in [4.78, 5) is 26.2. The Morgan fingerprint density at radius 2 is 1.83 bits per heavy atom. The average molecular weight is 341 g/mol. The Balaban J connectivity index is 3.41. The number of esters is 1. The lowest BCUT2D eigenvalue weighted by molar-refractivity contribution is -0.139. The number of carboxylic acid groups (broad SMARTS) is 1. The Labute approximate surface area is 142 Å². The number of rotatable bonds is 8. The van der Waals surface area contributed by atoms with Crippen LogP contribution in [0, 0.1) is 5.92 Å². The summed E-state index contributed by atoms with van der Waals surface area (Å²) < 4.78 is 5.20. The lowest BCUT2D eigenvalue weighted by Gasteiger charge is -2.37. The van der Waals surface area contributed by atoms with Gasteiger partial charge in [-0.25, -0.2) is 9.59 Å². The predicted molar refractivity (Wildman–Crippen MR) is 93.2 cm³/mol. The summed E-state index contributed by atoms with van der Waals surface area (Å²) in [5.41, 5.74) is 2.37. The van der Waals surface area contributed by atoms with E-state index in [0.717, 1.165) is 23.6 Å². The highest BCUT2D eigenvalue weighted by molar-refractivity contribution is 7.98. The molecule has 5 nitrogen and oxygen atoms in total. The third-order valence-corrected chi connectivity index (χ3v) is 4.70. The first kappa shape index (κ1) is 19.6. The van der Waals surface area contributed by atoms with Gasteiger partial charge in [-0.1, -0.05) is 13.3 Å². The van der Waals surface area contributed by atoms with E-state index >= 15 is 0 Å². The first-order chi connectivity index (χ1) is 10.9. The van der Waals surface area contributed by atoms with Gasteiger partial charge in [-0.3, -0.25) is 0 Å². The van der Waals surface area contributed by atoms with Crippen LogP contribution >= 0.6 is 11.8 Å². The van der Waals surface area contributed by atoms with Crippen molar-refractivity contribution in [2.24, 2.45) is 5.92 Å². The van der Waals surface area contributed by atoms with Crippen LogP contribution in [-0.2, 0) is 14.3 Å². The summed E-state index contributed by atoms with van der Waals surface area (Å²) in [7, 11) is 0. The third kappa shape index (κ3) is 4.31. The number of allylic oxidation sites excluding steroid dienone is 2. The highest BCUT2D eigenvalue weighted by atomic mass is 32.2. The van der Waals surface area contributed by atoms with Crippen molar-refractivity contribution in [2.45, 2.75) is 40.5 Å². The second kappa shape index (κ2) is 9.01. The maximum atomic E-state index is 12.5. The lowest BCUT2D eigenvalue weighted by atomic mass is 9.81. The van der Waals surface area contributed by atoms with Gasteiger partial charge >= 0.3 is 11.9 Å². The minimum atomic E-state index is -0.954. The van der Waals surface area contributed by atoms with Gasteiger partial charge in [0.2, 0.25) is 0 Å². The summed E-state index contributed by atoms with van der Waals surface area (Å²) in [5.74, 6) is -0.897. The Morgan fingerprint density at radius 1 is 1.22 bits per heavy atom. The molecule has 23 heavy (non-hydrogen) atoms. The molecular formula is C17H27NO4S. The van der Waals surface area contributed by atoms with Gasteiger partial charge in [-0.2, -0.15) is 11.8 Å². The number of carbonyl (C=O) groups excluding carboxylic acids is 1. The van der Waals surface area contributed by atoms with Crippen molar-refractivity contribution in [3.05, 3.63) is 22.5 Å². The van der Waals surface area contributed by atoms with Crippen LogP contribution in [0.25, 0.3) is 0 Å². The molecule has 6 heteroatoms. The zero-order valence-corrected chi connectivity index (χ0v) is 15.5. The maximum absolute atomic E-state index is 12.5. The third-order valence-electron chi connectivity index (χ3n) is 4.11. The second-order valence-corrected chi connectivity index (χ2v) is 6.50. The van der Waals surface area contributed by atoms with Crippen molar-refractivity contribution in [3.63, 3.8) is 0 Å². The van der Waals surface area contributed by atoms with Gasteiger partial charge in [0.15, 0.2) is 0 Å². The Bertz CT molecular complexity index is 525. The van der Waals surface area contributed by atoms with Crippen LogP contribution in [-0.4, -0.2) is 47.1 Å². The first-order valence-corrected chi connectivity index (χ1v) is 9.38. The van der Waals surface area contributed by atoms with Gasteiger partial charge < -0.3 is 14.7 Å². The number of hydrogen-bond acceptors (Lipinski definition) is 5. The molecule has 0 aromatic heterocycles. The zero-order valence-electron chi connectivity index (χ0n) is 14.6. The van der Waals surface area contributed by atoms with E-state index in [1.807, 2.05) is 31.9 Å². The normalized spacial score (nSPS) is 18.5. The van der Waals surface area contributed by atoms with E-state index in [4.69, 9.17) is 4.74 Å². The fraction of sp³-hybridized carbons (Fsp3) is 0.647. The van der Waals surface area contributed by atoms with Crippen LogP contribution in [0.3, 0.4) is 0 Å². The number of carbonyl (C=O) groups is 2. The van der Waals surface area contributed by atoms with E-state index in [2.05, 4.69) is 0 Å². The van der Waals surface area contributed by atoms with Gasteiger partial charge in [0.1, 0.15) is 0 Å². The molecule has 0 aromatic rings. The quantitative estimate of drug-likeness (QED) is 0.684. The molecule has 1 aliphatic rings. The molecule has 0 saturated carbocycles. The smallest absolute Gasteiger partial charge is 0.336 e. The van der Waals surface area contributed by atoms with Gasteiger partial charge in [0, 0.05) is 29.6 Å². The molecule has 1 aliphatic heterocycles. The molecule has 0 bridgehead atoms. The number of hydrogen-bond donors (Lipinski definition) is 1. The van der Waals surface area contributed by atoms with Crippen molar-refractivity contribution in [2.75, 3.05) is 25.2 Å². The standard InChI is InChI=1S/C17H27NO4S/c1-6-8-13-14(16(19)20)11(3)18(9-10-23-5)12(4)15(13)17(21)22-7-2/h13H,6-10H2,1-5H3,(H,19,20). The van der Waals surface area contributed by atoms with E-state index in [0.29, 0.717) is 24.1 Å². The van der Waals surface area contributed by atoms with E-state index in [1.165, 1.54) is 0 Å². The minimum Gasteiger partial charge on any atom is -0.478 e. The fourth-order valence-corrected chi connectivity index (χ4v) is 3.45. The number of carboxylic acids is 1. The average Bonchev–Trinajstić information content (AvgIpc) is 2.47. The van der Waals surface area contributed by atoms with Gasteiger partial charge in [-0.05, 0) is 33.4 Å². The molecule has 0 fully saturated rings. The molecule has 0 amide bonds. The second-order valence-electron chi connectivity index (χ2n) is 5.51. The maximum Gasteiger partial charge on any atom is 0.336 e. The number of ether oxygens (including phenoxy) is 1. The Hall–Kier alpha value is -1.43. The van der Waals surface area contributed by atoms with Crippen LogP contribution in [0.15, 0.2) is 22.5 Å². The number of thioether (sulfide) groups is 1. The molecule has 1 rings (SSSR count). The topological polar surface area (TPSA) is 66.8 Å². The van der Waals surface area contributed by atoms with Crippen LogP contribution in [0.2, 0.25) is 0 Å². The molecule has 1 atom stereocenters. The number of aliphatic carboxylic acids is 1. The van der Waals surface area contributed by atoms with E-state index in [-0.39, 0.29) is 6.61 Å². The van der Waals surface area contributed by atoms with Gasteiger partial charge in [-0.15, -0.1) is 0 Å². The van der Waals surface area contributed by atoms with Crippen molar-refractivity contribution in [3.8, 4) is 0 Å². The molecule has 0 aromatic carbocycles. The molecular weight excluding hydrogens is 314 g/mol. The fourth-order valence-electron chi connectivity index (χ4n) is 3.09. The number of nitrogens with zero attached hydrogens (tertiary/aromatic N) is 1. The highest BCUT2D eigenvalue weighted by Gasteiger charge is 2.38. The van der Waals surface area contributed by atoms with Crippen LogP contribution in [0.5, 0.6) is 0 Å². The van der Waals surface area contributed by atoms with Crippen molar-refractivity contribution in [1.82, 2.24) is 4.90 Å². The summed E-state index contributed by atoms with van der Waals surface area (Å²) in [5, 5.41) is 9.70. The summed E-state index contributed by atoms with van der Waals surface area (Å²) >= 11 is 1.69. The van der Waals surface area contributed by atoms with Crippen molar-refractivity contribution in [1.29, 1.82) is 0 Å². The van der Waals surface area contributed by atoms with Gasteiger partial charge in [0.05, 0.1) is 17.8 Å². The minimum absolute atomic E-state index is 0.282. The predicted octanol–water partition coefficient (Wildman–Crippen LogP) is 3.28. The summed E-state index contributed by atoms with van der Waals surface area (Å²) in [6.07, 6.45) is 3.43. The van der Waals surface area contributed by atoms with Crippen molar-refractivity contribution >= 4 is 23.7 Å². The van der Waals surface area contributed by atoms with E-state index in [1.54, 1.807) is 18.7 Å². The molecule has 130 valence electrons. The summed E-state index contributed by atoms with van der Waals surface area (Å²) in [6.45, 7) is 8.43. The van der Waals surface area contributed by atoms with Crippen LogP contribution < -0.4 is 0 Å². The van der Waals surface area contributed by atoms with E-state index < -0.39 is 17.9 Å². The largest absolute Gasteiger partial charge is 0.478 e. The SMILES string of the molecule is CCCC1C(C(=O)O)=C(C)N(CCSC)C(C)=C1C(=O)OCC. The monoisotopic (exact) mass is 341 g/mol. The molecule has 0 saturated heterocycles. The Morgan fingerprint density at radius 3 is 2.30 bits per heavy atom. The van der Waals surface area contributed by atoms with Crippen LogP contribution in [0.4, 0.5) is 0 Å². The molecule has 0 radical (unpaired) electrons. The lowest BCUT2D eigenvalue weighted by Crippen LogP contribution is -2.36. The molecule has 1 unspecified atom stereocenters. The van der Waals surface area contributed by atoms with Crippen molar-refractivity contribution < 1.29 is 19.4 Å². The Kier molecular flexibility index (Phi) is 7.68. The highest BCUT2D eigenvalue weighted by Crippen LogP contribution is 2.38. The zero-order chi connectivity index (χ0) is 17.6. The summed E-state index contributed by atoms with van der Waals surface area (Å²) in [6, 6.07) is 0. The molecule has 1 heterocycles. The molecule has 1 N–H and O–H groups in total.